The fraction of sp³-hybridized carbons (Fsp3) is 0.500. The Morgan fingerprint density at radius 1 is 1.00 bits per heavy atom. The van der Waals surface area contributed by atoms with Crippen LogP contribution < -0.4 is 11.5 Å². The second kappa shape index (κ2) is 24.8. The first-order chi connectivity index (χ1) is 2.91. The lowest BCUT2D eigenvalue weighted by Gasteiger charge is -1.72. The van der Waals surface area contributed by atoms with Crippen molar-refractivity contribution in [2.24, 2.45) is 11.5 Å². The van der Waals surface area contributed by atoms with Crippen molar-refractivity contribution in [3.63, 3.8) is 0 Å². The summed E-state index contributed by atoms with van der Waals surface area (Å²) < 4.78 is 0. The van der Waals surface area contributed by atoms with Crippen LogP contribution in [-0.2, 0) is 0 Å². The Labute approximate surface area is 38.5 Å². The smallest absolute Gasteiger partial charge is 0.00461 e. The standard InChI is InChI=1S/C2H8N2.C2H2/c3-1-2-4;1-2/h1-4H2;1-2H. The van der Waals surface area contributed by atoms with Gasteiger partial charge in [-0.1, -0.05) is 0 Å². The number of terminal acetylenes is 1. The maximum atomic E-state index is 4.90. The maximum absolute atomic E-state index is 4.90. The molecule has 2 nitrogen and oxygen atoms in total. The lowest BCUT2D eigenvalue weighted by Crippen LogP contribution is -2.11. The van der Waals surface area contributed by atoms with E-state index in [9.17, 15) is 0 Å². The van der Waals surface area contributed by atoms with Gasteiger partial charge in [-0.2, -0.15) is 0 Å². The Balaban J connectivity index is 0. The Morgan fingerprint density at radius 2 is 1.17 bits per heavy atom. The molecule has 0 unspecified atom stereocenters. The molecule has 4 N–H and O–H groups in total. The lowest BCUT2D eigenvalue weighted by molar-refractivity contribution is 0.976. The zero-order chi connectivity index (χ0) is 5.41. The largest absolute Gasteiger partial charge is 0.329 e. The van der Waals surface area contributed by atoms with Crippen molar-refractivity contribution in [1.82, 2.24) is 0 Å². The second-order valence-electron chi connectivity index (χ2n) is 0.577. The molecule has 0 heterocycles. The summed E-state index contributed by atoms with van der Waals surface area (Å²) in [6.45, 7) is 1.19. The van der Waals surface area contributed by atoms with Gasteiger partial charge in [0.1, 0.15) is 0 Å². The third-order valence-corrected chi connectivity index (χ3v) is 0.167. The van der Waals surface area contributed by atoms with Crippen LogP contribution in [0.15, 0.2) is 0 Å². The third kappa shape index (κ3) is 92.9. The summed E-state index contributed by atoms with van der Waals surface area (Å²) in [4.78, 5) is 0. The van der Waals surface area contributed by atoms with E-state index in [4.69, 9.17) is 11.5 Å². The highest BCUT2D eigenvalue weighted by atomic mass is 14.6. The van der Waals surface area contributed by atoms with Crippen LogP contribution in [0.1, 0.15) is 0 Å². The molecule has 0 atom stereocenters. The van der Waals surface area contributed by atoms with Gasteiger partial charge in [0.05, 0.1) is 0 Å². The van der Waals surface area contributed by atoms with E-state index in [1.54, 1.807) is 0 Å². The molecule has 0 aromatic rings. The molecule has 0 radical (unpaired) electrons. The molecule has 0 saturated heterocycles. The lowest BCUT2D eigenvalue weighted by atomic mass is 10.7. The Hall–Kier alpha value is -0.520. The van der Waals surface area contributed by atoms with Crippen LogP contribution >= 0.6 is 0 Å². The van der Waals surface area contributed by atoms with Crippen LogP contribution in [0, 0.1) is 12.8 Å². The fourth-order valence-corrected chi connectivity index (χ4v) is 0. The van der Waals surface area contributed by atoms with Gasteiger partial charge >= 0.3 is 0 Å². The van der Waals surface area contributed by atoms with Gasteiger partial charge in [-0.15, -0.1) is 12.8 Å². The van der Waals surface area contributed by atoms with Crippen LogP contribution in [0.3, 0.4) is 0 Å². The SMILES string of the molecule is C#C.NCCN. The highest BCUT2D eigenvalue weighted by Crippen LogP contribution is 1.24. The van der Waals surface area contributed by atoms with E-state index in [2.05, 4.69) is 12.8 Å². The molecule has 0 spiro atoms. The first-order valence-corrected chi connectivity index (χ1v) is 1.65. The van der Waals surface area contributed by atoms with Crippen LogP contribution in [0.2, 0.25) is 0 Å². The van der Waals surface area contributed by atoms with E-state index >= 15 is 0 Å². The summed E-state index contributed by atoms with van der Waals surface area (Å²) in [6, 6.07) is 0. The van der Waals surface area contributed by atoms with Crippen molar-refractivity contribution in [2.45, 2.75) is 0 Å². The monoisotopic (exact) mass is 86.1 g/mol. The molecule has 6 heavy (non-hydrogen) atoms. The normalized spacial score (nSPS) is 5.33. The van der Waals surface area contributed by atoms with Gasteiger partial charge in [0, 0.05) is 13.1 Å². The predicted molar refractivity (Wildman–Crippen MR) is 28.0 cm³/mol. The minimum Gasteiger partial charge on any atom is -0.329 e. The molecular weight excluding hydrogens is 76.1 g/mol. The molecular formula is C4H10N2. The second-order valence-corrected chi connectivity index (χ2v) is 0.577. The number of nitrogens with two attached hydrogens (primary N) is 2. The van der Waals surface area contributed by atoms with E-state index in [0.29, 0.717) is 13.1 Å². The highest BCUT2D eigenvalue weighted by Gasteiger charge is 1.54. The minimum absolute atomic E-state index is 0.597. The molecule has 2 heteroatoms. The summed E-state index contributed by atoms with van der Waals surface area (Å²) in [5, 5.41) is 0. The van der Waals surface area contributed by atoms with Crippen LogP contribution in [0.25, 0.3) is 0 Å². The highest BCUT2D eigenvalue weighted by molar-refractivity contribution is 4.47. The first kappa shape index (κ1) is 9.08. The maximum Gasteiger partial charge on any atom is 0.00461 e. The van der Waals surface area contributed by atoms with E-state index in [1.165, 1.54) is 0 Å². The summed E-state index contributed by atoms with van der Waals surface area (Å²) in [7, 11) is 0. The van der Waals surface area contributed by atoms with Crippen molar-refractivity contribution in [2.75, 3.05) is 13.1 Å². The average molecular weight is 86.1 g/mol. The summed E-state index contributed by atoms with van der Waals surface area (Å²) >= 11 is 0. The van der Waals surface area contributed by atoms with Crippen molar-refractivity contribution in [3.8, 4) is 12.8 Å². The van der Waals surface area contributed by atoms with E-state index in [-0.39, 0.29) is 0 Å². The third-order valence-electron chi connectivity index (χ3n) is 0.167. The Kier molecular flexibility index (Phi) is 37.5. The molecule has 0 aliphatic heterocycles. The minimum atomic E-state index is 0.597. The quantitative estimate of drug-likeness (QED) is 0.408. The number of rotatable bonds is 1. The molecule has 0 amide bonds. The van der Waals surface area contributed by atoms with Crippen molar-refractivity contribution in [1.29, 1.82) is 0 Å². The van der Waals surface area contributed by atoms with Gasteiger partial charge in [0.2, 0.25) is 0 Å². The Morgan fingerprint density at radius 3 is 1.17 bits per heavy atom. The van der Waals surface area contributed by atoms with Gasteiger partial charge in [0.15, 0.2) is 0 Å². The predicted octanol–water partition coefficient (Wildman–Crippen LogP) is -0.847. The molecule has 0 aromatic heterocycles. The first-order valence-electron chi connectivity index (χ1n) is 1.65. The molecule has 0 aliphatic rings. The number of hydrogen-bond donors (Lipinski definition) is 2. The fourth-order valence-electron chi connectivity index (χ4n) is 0. The molecule has 0 bridgehead atoms. The van der Waals surface area contributed by atoms with Gasteiger partial charge in [-0.05, 0) is 0 Å². The zero-order valence-corrected chi connectivity index (χ0v) is 3.72. The van der Waals surface area contributed by atoms with Crippen LogP contribution in [0.5, 0.6) is 0 Å². The Bertz CT molecular complexity index is 22.0. The van der Waals surface area contributed by atoms with Gasteiger partial charge in [0.25, 0.3) is 0 Å². The van der Waals surface area contributed by atoms with E-state index in [0.717, 1.165) is 0 Å². The van der Waals surface area contributed by atoms with Gasteiger partial charge in [-0.25, -0.2) is 0 Å². The van der Waals surface area contributed by atoms with E-state index < -0.39 is 0 Å². The van der Waals surface area contributed by atoms with Crippen molar-refractivity contribution >= 4 is 0 Å². The van der Waals surface area contributed by atoms with Crippen LogP contribution in [-0.4, -0.2) is 13.1 Å². The summed E-state index contributed by atoms with van der Waals surface area (Å²) in [5.41, 5.74) is 9.81. The average Bonchev–Trinajstić information content (AvgIpc) is 1.72. The van der Waals surface area contributed by atoms with Gasteiger partial charge in [-0.3, -0.25) is 0 Å². The molecule has 0 aromatic carbocycles. The topological polar surface area (TPSA) is 52.0 Å². The number of hydrogen-bond acceptors (Lipinski definition) is 2. The molecule has 36 valence electrons. The van der Waals surface area contributed by atoms with Crippen molar-refractivity contribution < 1.29 is 0 Å². The van der Waals surface area contributed by atoms with Crippen molar-refractivity contribution in [3.05, 3.63) is 0 Å². The molecule has 0 aliphatic carbocycles. The molecule has 0 fully saturated rings. The molecule has 0 saturated carbocycles. The van der Waals surface area contributed by atoms with E-state index in [1.807, 2.05) is 0 Å². The molecule has 0 rings (SSSR count). The zero-order valence-electron chi connectivity index (χ0n) is 3.72. The van der Waals surface area contributed by atoms with Crippen LogP contribution in [0.4, 0.5) is 0 Å². The summed E-state index contributed by atoms with van der Waals surface area (Å²) in [5.74, 6) is 0. The van der Waals surface area contributed by atoms with Gasteiger partial charge < -0.3 is 11.5 Å². The summed E-state index contributed by atoms with van der Waals surface area (Å²) in [6.07, 6.45) is 8.00.